The largest absolute Gasteiger partial charge is 0.462 e. The number of benzene rings is 3. The number of piperidine rings is 1. The average Bonchev–Trinajstić information content (AvgIpc) is 3.19. The zero-order chi connectivity index (χ0) is 26.3. The van der Waals surface area contributed by atoms with Gasteiger partial charge >= 0.3 is 5.97 Å². The number of rotatable bonds is 5. The normalized spacial score (nSPS) is 24.2. The van der Waals surface area contributed by atoms with Gasteiger partial charge in [-0.2, -0.15) is 10.1 Å². The topological polar surface area (TPSA) is 62.2 Å². The minimum absolute atomic E-state index is 0.0174. The number of carbonyl (C=O) groups excluding carboxylic acids is 2. The lowest BCUT2D eigenvalue weighted by Gasteiger charge is -2.52. The number of carbonyl (C=O) groups is 2. The summed E-state index contributed by atoms with van der Waals surface area (Å²) >= 11 is 0. The van der Waals surface area contributed by atoms with Crippen LogP contribution in [0.3, 0.4) is 0 Å². The van der Waals surface area contributed by atoms with Crippen molar-refractivity contribution in [3.8, 4) is 0 Å². The Labute approximate surface area is 223 Å². The Bertz CT molecular complexity index is 1380. The number of para-hydroxylation sites is 1. The molecule has 1 spiro atoms. The summed E-state index contributed by atoms with van der Waals surface area (Å²) in [6.45, 7) is 5.04. The molecule has 3 atom stereocenters. The van der Waals surface area contributed by atoms with Crippen LogP contribution in [0.25, 0.3) is 0 Å². The lowest BCUT2D eigenvalue weighted by atomic mass is 9.64. The van der Waals surface area contributed by atoms with Crippen LogP contribution in [-0.4, -0.2) is 36.8 Å². The molecule has 3 aliphatic rings. The van der Waals surface area contributed by atoms with Gasteiger partial charge in [0.25, 0.3) is 5.91 Å². The van der Waals surface area contributed by atoms with E-state index in [0.717, 1.165) is 31.5 Å². The molecule has 6 rings (SSSR count). The third kappa shape index (κ3) is 3.99. The molecule has 0 bridgehead atoms. The van der Waals surface area contributed by atoms with E-state index in [0.29, 0.717) is 30.2 Å². The number of nitrogens with zero attached hydrogens (tertiary/aromatic N) is 3. The van der Waals surface area contributed by atoms with Gasteiger partial charge in [0, 0.05) is 18.3 Å². The Morgan fingerprint density at radius 2 is 1.76 bits per heavy atom. The van der Waals surface area contributed by atoms with Gasteiger partial charge in [-0.25, -0.2) is 4.79 Å². The SMILES string of the molecule is CCOC(=O)c1ccc(N2N=C(C)[C@@]3(Cc4ccccc4N4CC[C@@H](Cc5ccccc5)C[C@@H]43)C2=O)cc1. The molecule has 0 saturated carbocycles. The molecule has 0 radical (unpaired) electrons. The maximum atomic E-state index is 14.4. The summed E-state index contributed by atoms with van der Waals surface area (Å²) in [6, 6.07) is 26.2. The van der Waals surface area contributed by atoms with Gasteiger partial charge in [-0.1, -0.05) is 48.5 Å². The molecule has 38 heavy (non-hydrogen) atoms. The second-order valence-electron chi connectivity index (χ2n) is 10.6. The minimum Gasteiger partial charge on any atom is -0.462 e. The number of esters is 1. The summed E-state index contributed by atoms with van der Waals surface area (Å²) in [5.41, 5.74) is 5.08. The van der Waals surface area contributed by atoms with Crippen LogP contribution in [-0.2, 0) is 22.4 Å². The van der Waals surface area contributed by atoms with Gasteiger partial charge in [0.1, 0.15) is 5.41 Å². The smallest absolute Gasteiger partial charge is 0.338 e. The highest BCUT2D eigenvalue weighted by atomic mass is 16.5. The lowest BCUT2D eigenvalue weighted by Crippen LogP contribution is -2.62. The predicted molar refractivity (Wildman–Crippen MR) is 150 cm³/mol. The third-order valence-electron chi connectivity index (χ3n) is 8.51. The molecule has 194 valence electrons. The molecule has 3 aromatic carbocycles. The van der Waals surface area contributed by atoms with E-state index in [1.165, 1.54) is 16.8 Å². The minimum atomic E-state index is -0.719. The first-order valence-electron chi connectivity index (χ1n) is 13.6. The van der Waals surface area contributed by atoms with E-state index < -0.39 is 5.41 Å². The second-order valence-corrected chi connectivity index (χ2v) is 10.6. The quantitative estimate of drug-likeness (QED) is 0.419. The van der Waals surface area contributed by atoms with Gasteiger partial charge in [-0.05, 0) is 86.9 Å². The Hall–Kier alpha value is -3.93. The average molecular weight is 508 g/mol. The van der Waals surface area contributed by atoms with Crippen LogP contribution in [0.5, 0.6) is 0 Å². The van der Waals surface area contributed by atoms with Gasteiger partial charge in [-0.3, -0.25) is 4.79 Å². The van der Waals surface area contributed by atoms with Crippen molar-refractivity contribution in [1.82, 2.24) is 0 Å². The van der Waals surface area contributed by atoms with Crippen molar-refractivity contribution in [2.75, 3.05) is 23.1 Å². The van der Waals surface area contributed by atoms with Crippen LogP contribution in [0.1, 0.15) is 48.2 Å². The molecule has 3 heterocycles. The van der Waals surface area contributed by atoms with E-state index in [-0.39, 0.29) is 17.9 Å². The molecule has 6 heteroatoms. The summed E-state index contributed by atoms with van der Waals surface area (Å²) < 4.78 is 5.11. The molecule has 1 saturated heterocycles. The van der Waals surface area contributed by atoms with E-state index in [1.807, 2.05) is 6.92 Å². The highest BCUT2D eigenvalue weighted by Crippen LogP contribution is 2.50. The molecule has 1 fully saturated rings. The van der Waals surface area contributed by atoms with Crippen molar-refractivity contribution in [2.24, 2.45) is 16.4 Å². The van der Waals surface area contributed by atoms with Crippen molar-refractivity contribution in [1.29, 1.82) is 0 Å². The van der Waals surface area contributed by atoms with Crippen LogP contribution in [0.4, 0.5) is 11.4 Å². The summed E-state index contributed by atoms with van der Waals surface area (Å²) in [5, 5.41) is 6.41. The summed E-state index contributed by atoms with van der Waals surface area (Å²) in [7, 11) is 0. The molecule has 0 aromatic heterocycles. The summed E-state index contributed by atoms with van der Waals surface area (Å²) in [5.74, 6) is 0.150. The summed E-state index contributed by atoms with van der Waals surface area (Å²) in [4.78, 5) is 29.1. The second kappa shape index (κ2) is 9.75. The van der Waals surface area contributed by atoms with Crippen molar-refractivity contribution >= 4 is 29.0 Å². The van der Waals surface area contributed by atoms with Gasteiger partial charge in [0.05, 0.1) is 23.6 Å². The van der Waals surface area contributed by atoms with Gasteiger partial charge < -0.3 is 9.64 Å². The first-order chi connectivity index (χ1) is 18.5. The van der Waals surface area contributed by atoms with Gasteiger partial charge in [-0.15, -0.1) is 0 Å². The maximum Gasteiger partial charge on any atom is 0.338 e. The number of fused-ring (bicyclic) bond motifs is 4. The van der Waals surface area contributed by atoms with Crippen molar-refractivity contribution in [3.63, 3.8) is 0 Å². The Morgan fingerprint density at radius 3 is 2.53 bits per heavy atom. The number of ether oxygens (including phenoxy) is 1. The van der Waals surface area contributed by atoms with E-state index >= 15 is 0 Å². The monoisotopic (exact) mass is 507 g/mol. The van der Waals surface area contributed by atoms with Crippen LogP contribution in [0.2, 0.25) is 0 Å². The van der Waals surface area contributed by atoms with Crippen LogP contribution in [0, 0.1) is 11.3 Å². The fourth-order valence-corrected chi connectivity index (χ4v) is 6.63. The number of hydrogen-bond donors (Lipinski definition) is 0. The fraction of sp³-hybridized carbons (Fsp3) is 0.344. The third-order valence-corrected chi connectivity index (χ3v) is 8.51. The lowest BCUT2D eigenvalue weighted by molar-refractivity contribution is -0.125. The Morgan fingerprint density at radius 1 is 1.03 bits per heavy atom. The molecule has 6 nitrogen and oxygen atoms in total. The van der Waals surface area contributed by atoms with Crippen molar-refractivity contribution in [2.45, 2.75) is 45.6 Å². The van der Waals surface area contributed by atoms with E-state index in [1.54, 1.807) is 36.2 Å². The highest BCUT2D eigenvalue weighted by Gasteiger charge is 2.59. The Kier molecular flexibility index (Phi) is 6.26. The van der Waals surface area contributed by atoms with Crippen LogP contribution >= 0.6 is 0 Å². The van der Waals surface area contributed by atoms with E-state index in [9.17, 15) is 9.59 Å². The van der Waals surface area contributed by atoms with Crippen LogP contribution < -0.4 is 9.91 Å². The molecule has 3 aliphatic heterocycles. The summed E-state index contributed by atoms with van der Waals surface area (Å²) in [6.07, 6.45) is 3.71. The molecular weight excluding hydrogens is 474 g/mol. The Balaban J connectivity index is 1.34. The molecule has 0 aliphatic carbocycles. The van der Waals surface area contributed by atoms with E-state index in [2.05, 4.69) is 59.5 Å². The zero-order valence-electron chi connectivity index (χ0n) is 22.0. The van der Waals surface area contributed by atoms with Gasteiger partial charge in [0.15, 0.2) is 0 Å². The highest BCUT2D eigenvalue weighted by molar-refractivity contribution is 6.20. The molecule has 0 N–H and O–H groups in total. The number of hydrazone groups is 1. The van der Waals surface area contributed by atoms with Crippen LogP contribution in [0.15, 0.2) is 84.0 Å². The standard InChI is InChI=1S/C32H33N3O3/c1-3-38-30(36)25-13-15-27(16-14-25)35-31(37)32(22(2)33-35)21-26-11-7-8-12-28(26)34-18-17-24(20-29(32)34)19-23-9-5-4-6-10-23/h4-16,24,29H,3,17-21H2,1-2H3/t24-,29+,32+/m0/s1. The molecular formula is C32H33N3O3. The van der Waals surface area contributed by atoms with Gasteiger partial charge in [0.2, 0.25) is 0 Å². The molecule has 3 aromatic rings. The van der Waals surface area contributed by atoms with Crippen molar-refractivity contribution < 1.29 is 14.3 Å². The number of hydrogen-bond acceptors (Lipinski definition) is 5. The maximum absolute atomic E-state index is 14.4. The first-order valence-corrected chi connectivity index (χ1v) is 13.6. The predicted octanol–water partition coefficient (Wildman–Crippen LogP) is 5.66. The number of amides is 1. The molecule has 1 amide bonds. The van der Waals surface area contributed by atoms with Crippen molar-refractivity contribution in [3.05, 3.63) is 95.6 Å². The zero-order valence-corrected chi connectivity index (χ0v) is 22.0. The number of anilines is 2. The fourth-order valence-electron chi connectivity index (χ4n) is 6.63. The van der Waals surface area contributed by atoms with E-state index in [4.69, 9.17) is 9.84 Å². The first kappa shape index (κ1) is 24.4. The molecule has 0 unspecified atom stereocenters.